The van der Waals surface area contributed by atoms with Gasteiger partial charge in [0.25, 0.3) is 0 Å². The van der Waals surface area contributed by atoms with Crippen molar-refractivity contribution in [3.63, 3.8) is 0 Å². The van der Waals surface area contributed by atoms with E-state index in [1.807, 2.05) is 6.20 Å². The standard InChI is InChI=1S/C13H18N4/c1-2-13-15-10-12-9-11(3-6-17(12)13)16-7-4-14-5-8-16/h3,6,9-10,14H,2,4-5,7-8H2,1H3. The molecule has 1 saturated heterocycles. The van der Waals surface area contributed by atoms with Gasteiger partial charge in [0.15, 0.2) is 0 Å². The van der Waals surface area contributed by atoms with Crippen molar-refractivity contribution < 1.29 is 0 Å². The van der Waals surface area contributed by atoms with Crippen LogP contribution in [-0.2, 0) is 6.42 Å². The molecule has 90 valence electrons. The van der Waals surface area contributed by atoms with Crippen LogP contribution in [0.2, 0.25) is 0 Å². The molecule has 1 aliphatic heterocycles. The van der Waals surface area contributed by atoms with Gasteiger partial charge in [-0.3, -0.25) is 0 Å². The average Bonchev–Trinajstić information content (AvgIpc) is 2.81. The topological polar surface area (TPSA) is 32.6 Å². The predicted octanol–water partition coefficient (Wildman–Crippen LogP) is 1.31. The lowest BCUT2D eigenvalue weighted by molar-refractivity contribution is 0.589. The zero-order chi connectivity index (χ0) is 11.7. The molecule has 3 heterocycles. The Balaban J connectivity index is 1.95. The Morgan fingerprint density at radius 3 is 2.94 bits per heavy atom. The van der Waals surface area contributed by atoms with E-state index in [9.17, 15) is 0 Å². The number of pyridine rings is 1. The van der Waals surface area contributed by atoms with Crippen LogP contribution in [0.25, 0.3) is 5.52 Å². The van der Waals surface area contributed by atoms with Gasteiger partial charge in [0.2, 0.25) is 0 Å². The molecule has 1 aliphatic rings. The lowest BCUT2D eigenvalue weighted by Gasteiger charge is -2.29. The second-order valence-corrected chi connectivity index (χ2v) is 4.44. The van der Waals surface area contributed by atoms with Crippen LogP contribution in [0, 0.1) is 0 Å². The zero-order valence-electron chi connectivity index (χ0n) is 10.2. The van der Waals surface area contributed by atoms with E-state index in [0.717, 1.165) is 38.4 Å². The Hall–Kier alpha value is -1.55. The van der Waals surface area contributed by atoms with E-state index in [4.69, 9.17) is 0 Å². The molecule has 0 aromatic carbocycles. The second-order valence-electron chi connectivity index (χ2n) is 4.44. The molecule has 0 spiro atoms. The summed E-state index contributed by atoms with van der Waals surface area (Å²) < 4.78 is 2.17. The molecule has 3 rings (SSSR count). The van der Waals surface area contributed by atoms with Gasteiger partial charge in [-0.15, -0.1) is 0 Å². The minimum atomic E-state index is 0.973. The molecule has 0 atom stereocenters. The highest BCUT2D eigenvalue weighted by Gasteiger charge is 2.11. The third-order valence-corrected chi connectivity index (χ3v) is 3.39. The number of aromatic nitrogens is 2. The fourth-order valence-corrected chi connectivity index (χ4v) is 2.42. The highest BCUT2D eigenvalue weighted by atomic mass is 15.2. The van der Waals surface area contributed by atoms with Crippen molar-refractivity contribution in [3.8, 4) is 0 Å². The fourth-order valence-electron chi connectivity index (χ4n) is 2.42. The van der Waals surface area contributed by atoms with E-state index >= 15 is 0 Å². The summed E-state index contributed by atoms with van der Waals surface area (Å²) in [5.74, 6) is 1.13. The van der Waals surface area contributed by atoms with Gasteiger partial charge >= 0.3 is 0 Å². The summed E-state index contributed by atoms with van der Waals surface area (Å²) in [4.78, 5) is 6.86. The van der Waals surface area contributed by atoms with Crippen molar-refractivity contribution in [1.29, 1.82) is 0 Å². The molecule has 0 amide bonds. The maximum absolute atomic E-state index is 4.43. The van der Waals surface area contributed by atoms with Crippen molar-refractivity contribution in [2.45, 2.75) is 13.3 Å². The molecule has 0 saturated carbocycles. The van der Waals surface area contributed by atoms with Crippen LogP contribution < -0.4 is 10.2 Å². The van der Waals surface area contributed by atoms with Crippen molar-refractivity contribution in [1.82, 2.24) is 14.7 Å². The van der Waals surface area contributed by atoms with E-state index in [0.29, 0.717) is 0 Å². The first kappa shape index (κ1) is 10.6. The number of nitrogens with one attached hydrogen (secondary N) is 1. The smallest absolute Gasteiger partial charge is 0.112 e. The van der Waals surface area contributed by atoms with E-state index < -0.39 is 0 Å². The number of rotatable bonds is 2. The molecule has 2 aromatic rings. The molecule has 0 unspecified atom stereocenters. The Morgan fingerprint density at radius 1 is 1.35 bits per heavy atom. The molecule has 0 radical (unpaired) electrons. The Morgan fingerprint density at radius 2 is 2.18 bits per heavy atom. The van der Waals surface area contributed by atoms with Crippen molar-refractivity contribution >= 4 is 11.2 Å². The van der Waals surface area contributed by atoms with Crippen LogP contribution in [-0.4, -0.2) is 35.6 Å². The largest absolute Gasteiger partial charge is 0.369 e. The second kappa shape index (κ2) is 4.37. The lowest BCUT2D eigenvalue weighted by Crippen LogP contribution is -2.43. The maximum Gasteiger partial charge on any atom is 0.112 e. The zero-order valence-corrected chi connectivity index (χ0v) is 10.2. The molecular formula is C13H18N4. The SMILES string of the molecule is CCc1ncc2cc(N3CCNCC3)ccn12. The molecule has 2 aromatic heterocycles. The highest BCUT2D eigenvalue weighted by molar-refractivity contribution is 5.59. The fraction of sp³-hybridized carbons (Fsp3) is 0.462. The van der Waals surface area contributed by atoms with Gasteiger partial charge < -0.3 is 14.6 Å². The molecule has 17 heavy (non-hydrogen) atoms. The van der Waals surface area contributed by atoms with Crippen molar-refractivity contribution in [3.05, 3.63) is 30.4 Å². The van der Waals surface area contributed by atoms with Gasteiger partial charge in [0.1, 0.15) is 5.82 Å². The van der Waals surface area contributed by atoms with Crippen LogP contribution in [0.3, 0.4) is 0 Å². The van der Waals surface area contributed by atoms with Crippen LogP contribution in [0.15, 0.2) is 24.5 Å². The number of hydrogen-bond acceptors (Lipinski definition) is 3. The summed E-state index contributed by atoms with van der Waals surface area (Å²) >= 11 is 0. The van der Waals surface area contributed by atoms with Gasteiger partial charge in [-0.1, -0.05) is 6.92 Å². The van der Waals surface area contributed by atoms with Crippen LogP contribution in [0.5, 0.6) is 0 Å². The summed E-state index contributed by atoms with van der Waals surface area (Å²) in [6.07, 6.45) is 5.07. The number of piperazine rings is 1. The van der Waals surface area contributed by atoms with E-state index in [1.54, 1.807) is 0 Å². The summed E-state index contributed by atoms with van der Waals surface area (Å²) in [5, 5.41) is 3.38. The highest BCUT2D eigenvalue weighted by Crippen LogP contribution is 2.18. The third-order valence-electron chi connectivity index (χ3n) is 3.39. The maximum atomic E-state index is 4.43. The third kappa shape index (κ3) is 1.89. The number of nitrogens with zero attached hydrogens (tertiary/aromatic N) is 3. The first-order chi connectivity index (χ1) is 8.38. The molecule has 1 fully saturated rings. The van der Waals surface area contributed by atoms with Gasteiger partial charge in [0.05, 0.1) is 11.7 Å². The van der Waals surface area contributed by atoms with Crippen LogP contribution >= 0.6 is 0 Å². The van der Waals surface area contributed by atoms with Gasteiger partial charge in [-0.25, -0.2) is 4.98 Å². The van der Waals surface area contributed by atoms with E-state index in [-0.39, 0.29) is 0 Å². The summed E-state index contributed by atoms with van der Waals surface area (Å²) in [6.45, 7) is 6.46. The Kier molecular flexibility index (Phi) is 2.73. The first-order valence-corrected chi connectivity index (χ1v) is 6.30. The Labute approximate surface area is 101 Å². The average molecular weight is 230 g/mol. The number of imidazole rings is 1. The quantitative estimate of drug-likeness (QED) is 0.844. The number of hydrogen-bond donors (Lipinski definition) is 1. The van der Waals surface area contributed by atoms with Crippen LogP contribution in [0.1, 0.15) is 12.7 Å². The first-order valence-electron chi connectivity index (χ1n) is 6.30. The summed E-state index contributed by atoms with van der Waals surface area (Å²) in [6, 6.07) is 4.43. The minimum Gasteiger partial charge on any atom is -0.369 e. The number of fused-ring (bicyclic) bond motifs is 1. The predicted molar refractivity (Wildman–Crippen MR) is 69.7 cm³/mol. The van der Waals surface area contributed by atoms with Crippen molar-refractivity contribution in [2.24, 2.45) is 0 Å². The van der Waals surface area contributed by atoms with Gasteiger partial charge in [-0.2, -0.15) is 0 Å². The summed E-state index contributed by atoms with van der Waals surface area (Å²) in [7, 11) is 0. The van der Waals surface area contributed by atoms with E-state index in [1.165, 1.54) is 11.2 Å². The molecule has 0 aliphatic carbocycles. The molecule has 1 N–H and O–H groups in total. The minimum absolute atomic E-state index is 0.973. The molecule has 4 nitrogen and oxygen atoms in total. The van der Waals surface area contributed by atoms with E-state index in [2.05, 4.69) is 44.9 Å². The molecule has 0 bridgehead atoms. The monoisotopic (exact) mass is 230 g/mol. The lowest BCUT2D eigenvalue weighted by atomic mass is 10.3. The number of aryl methyl sites for hydroxylation is 1. The van der Waals surface area contributed by atoms with Gasteiger partial charge in [0, 0.05) is 44.5 Å². The summed E-state index contributed by atoms with van der Waals surface area (Å²) in [5.41, 5.74) is 2.50. The van der Waals surface area contributed by atoms with Gasteiger partial charge in [-0.05, 0) is 12.1 Å². The number of anilines is 1. The van der Waals surface area contributed by atoms with Crippen molar-refractivity contribution in [2.75, 3.05) is 31.1 Å². The van der Waals surface area contributed by atoms with Crippen LogP contribution in [0.4, 0.5) is 5.69 Å². The normalized spacial score (nSPS) is 16.6. The Bertz CT molecular complexity index is 511. The molecule has 4 heteroatoms. The molecular weight excluding hydrogens is 212 g/mol.